The van der Waals surface area contributed by atoms with Gasteiger partial charge in [-0.1, -0.05) is 11.6 Å². The molecule has 0 radical (unpaired) electrons. The van der Waals surface area contributed by atoms with E-state index in [0.29, 0.717) is 4.47 Å². The molecule has 0 fully saturated rings. The molecule has 1 aromatic carbocycles. The summed E-state index contributed by atoms with van der Waals surface area (Å²) < 4.78 is 40.0. The quantitative estimate of drug-likeness (QED) is 0.848. The summed E-state index contributed by atoms with van der Waals surface area (Å²) in [5.41, 5.74) is 0.105. The molecule has 1 aromatic heterocycles. The number of benzene rings is 1. The molecule has 0 saturated heterocycles. The van der Waals surface area contributed by atoms with Crippen LogP contribution in [0.15, 0.2) is 45.9 Å². The molecule has 0 bridgehead atoms. The topological polar surface area (TPSA) is 59.1 Å². The van der Waals surface area contributed by atoms with Crippen molar-refractivity contribution in [3.05, 3.63) is 52.0 Å². The summed E-state index contributed by atoms with van der Waals surface area (Å²) in [6, 6.07) is 6.20. The number of hydrogen-bond acceptors (Lipinski definition) is 3. The van der Waals surface area contributed by atoms with Crippen LogP contribution in [-0.4, -0.2) is 13.4 Å². The molecule has 2 aromatic rings. The van der Waals surface area contributed by atoms with Gasteiger partial charge in [0, 0.05) is 10.7 Å². The van der Waals surface area contributed by atoms with Gasteiger partial charge in [0.1, 0.15) is 11.0 Å². The van der Waals surface area contributed by atoms with Crippen molar-refractivity contribution in [3.8, 4) is 0 Å². The monoisotopic (exact) mass is 364 g/mol. The molecule has 100 valence electrons. The lowest BCUT2D eigenvalue weighted by atomic mass is 10.3. The van der Waals surface area contributed by atoms with Gasteiger partial charge in [-0.25, -0.2) is 17.8 Å². The Kier molecular flexibility index (Phi) is 4.07. The van der Waals surface area contributed by atoms with Crippen molar-refractivity contribution >= 4 is 43.2 Å². The van der Waals surface area contributed by atoms with E-state index < -0.39 is 15.8 Å². The standard InChI is InChI=1S/C11H7BrClFN2O2S/c12-9-2-1-7(14)5-10(9)16-19(17,18)8-3-4-15-11(13)6-8/h1-6,16H. The van der Waals surface area contributed by atoms with E-state index in [1.54, 1.807) is 0 Å². The second kappa shape index (κ2) is 5.44. The van der Waals surface area contributed by atoms with E-state index in [0.717, 1.165) is 6.07 Å². The van der Waals surface area contributed by atoms with Gasteiger partial charge >= 0.3 is 0 Å². The first kappa shape index (κ1) is 14.2. The molecule has 0 spiro atoms. The van der Waals surface area contributed by atoms with Crippen molar-refractivity contribution in [3.63, 3.8) is 0 Å². The Labute approximate surface area is 122 Å². The summed E-state index contributed by atoms with van der Waals surface area (Å²) in [5, 5.41) is 0.0567. The molecule has 2 rings (SSSR count). The average Bonchev–Trinajstić information content (AvgIpc) is 2.33. The first-order valence-electron chi connectivity index (χ1n) is 4.98. The summed E-state index contributed by atoms with van der Waals surface area (Å²) in [6.07, 6.45) is 1.28. The van der Waals surface area contributed by atoms with Crippen LogP contribution in [0.4, 0.5) is 10.1 Å². The van der Waals surface area contributed by atoms with Crippen molar-refractivity contribution in [1.29, 1.82) is 0 Å². The van der Waals surface area contributed by atoms with Gasteiger partial charge in [-0.05, 0) is 46.3 Å². The second-order valence-corrected chi connectivity index (χ2v) is 6.47. The number of aromatic nitrogens is 1. The predicted octanol–water partition coefficient (Wildman–Crippen LogP) is 3.44. The number of hydrogen-bond donors (Lipinski definition) is 1. The maximum absolute atomic E-state index is 13.1. The van der Waals surface area contributed by atoms with Crippen LogP contribution in [0.1, 0.15) is 0 Å². The molecule has 1 heterocycles. The Balaban J connectivity index is 2.39. The summed E-state index contributed by atoms with van der Waals surface area (Å²) >= 11 is 8.78. The van der Waals surface area contributed by atoms with Crippen LogP contribution in [0.5, 0.6) is 0 Å². The minimum Gasteiger partial charge on any atom is -0.278 e. The molecule has 0 amide bonds. The average molecular weight is 366 g/mol. The molecule has 19 heavy (non-hydrogen) atoms. The Bertz CT molecular complexity index is 724. The molecule has 0 aliphatic heterocycles. The molecule has 0 saturated carbocycles. The van der Waals surface area contributed by atoms with Gasteiger partial charge in [-0.3, -0.25) is 4.72 Å². The Morgan fingerprint density at radius 2 is 2.00 bits per heavy atom. The second-order valence-electron chi connectivity index (χ2n) is 3.54. The molecular weight excluding hydrogens is 359 g/mol. The van der Waals surface area contributed by atoms with Gasteiger partial charge in [-0.15, -0.1) is 0 Å². The SMILES string of the molecule is O=S(=O)(Nc1cc(F)ccc1Br)c1ccnc(Cl)c1. The van der Waals surface area contributed by atoms with Crippen LogP contribution < -0.4 is 4.72 Å². The fourth-order valence-electron chi connectivity index (χ4n) is 1.33. The normalized spacial score (nSPS) is 11.3. The van der Waals surface area contributed by atoms with Crippen molar-refractivity contribution in [2.24, 2.45) is 0 Å². The largest absolute Gasteiger partial charge is 0.278 e. The Morgan fingerprint density at radius 1 is 1.26 bits per heavy atom. The minimum absolute atomic E-state index is 0.0522. The third-order valence-electron chi connectivity index (χ3n) is 2.18. The number of nitrogens with one attached hydrogen (secondary N) is 1. The van der Waals surface area contributed by atoms with Crippen molar-refractivity contribution < 1.29 is 12.8 Å². The third-order valence-corrected chi connectivity index (χ3v) is 4.44. The van der Waals surface area contributed by atoms with Crippen molar-refractivity contribution in [2.75, 3.05) is 4.72 Å². The van der Waals surface area contributed by atoms with Crippen LogP contribution in [0.25, 0.3) is 0 Å². The molecule has 0 aliphatic rings. The van der Waals surface area contributed by atoms with E-state index >= 15 is 0 Å². The maximum atomic E-state index is 13.1. The highest BCUT2D eigenvalue weighted by molar-refractivity contribution is 9.10. The number of nitrogens with zero attached hydrogens (tertiary/aromatic N) is 1. The molecular formula is C11H7BrClFN2O2S. The summed E-state index contributed by atoms with van der Waals surface area (Å²) in [5.74, 6) is -0.548. The lowest BCUT2D eigenvalue weighted by molar-refractivity contribution is 0.601. The molecule has 0 aliphatic carbocycles. The van der Waals surface area contributed by atoms with Crippen molar-refractivity contribution in [1.82, 2.24) is 4.98 Å². The fraction of sp³-hybridized carbons (Fsp3) is 0. The Hall–Kier alpha value is -1.18. The van der Waals surface area contributed by atoms with E-state index in [1.165, 1.54) is 30.5 Å². The van der Waals surface area contributed by atoms with Crippen LogP contribution >= 0.6 is 27.5 Å². The molecule has 4 nitrogen and oxygen atoms in total. The molecule has 0 atom stereocenters. The lowest BCUT2D eigenvalue weighted by Gasteiger charge is -2.09. The van der Waals surface area contributed by atoms with Gasteiger partial charge in [0.2, 0.25) is 0 Å². The van der Waals surface area contributed by atoms with Crippen LogP contribution in [0, 0.1) is 5.82 Å². The van der Waals surface area contributed by atoms with Crippen LogP contribution in [0.2, 0.25) is 5.15 Å². The van der Waals surface area contributed by atoms with E-state index in [2.05, 4.69) is 25.6 Å². The van der Waals surface area contributed by atoms with Gasteiger partial charge in [0.05, 0.1) is 10.6 Å². The zero-order valence-corrected chi connectivity index (χ0v) is 12.4. The number of anilines is 1. The third kappa shape index (κ3) is 3.43. The van der Waals surface area contributed by atoms with E-state index in [4.69, 9.17) is 11.6 Å². The van der Waals surface area contributed by atoms with Crippen LogP contribution in [-0.2, 0) is 10.0 Å². The first-order chi connectivity index (χ1) is 8.88. The fourth-order valence-corrected chi connectivity index (χ4v) is 3.13. The summed E-state index contributed by atoms with van der Waals surface area (Å²) in [6.45, 7) is 0. The highest BCUT2D eigenvalue weighted by Gasteiger charge is 2.16. The maximum Gasteiger partial charge on any atom is 0.262 e. The predicted molar refractivity (Wildman–Crippen MR) is 74.2 cm³/mol. The zero-order valence-electron chi connectivity index (χ0n) is 9.27. The highest BCUT2D eigenvalue weighted by Crippen LogP contribution is 2.26. The van der Waals surface area contributed by atoms with Gasteiger partial charge in [0.25, 0.3) is 10.0 Å². The van der Waals surface area contributed by atoms with Gasteiger partial charge < -0.3 is 0 Å². The van der Waals surface area contributed by atoms with E-state index in [-0.39, 0.29) is 15.7 Å². The van der Waals surface area contributed by atoms with E-state index in [9.17, 15) is 12.8 Å². The smallest absolute Gasteiger partial charge is 0.262 e. The van der Waals surface area contributed by atoms with Crippen LogP contribution in [0.3, 0.4) is 0 Å². The Morgan fingerprint density at radius 3 is 2.68 bits per heavy atom. The number of sulfonamides is 1. The van der Waals surface area contributed by atoms with Crippen molar-refractivity contribution in [2.45, 2.75) is 4.90 Å². The molecule has 1 N–H and O–H groups in total. The van der Waals surface area contributed by atoms with Gasteiger partial charge in [-0.2, -0.15) is 0 Å². The highest BCUT2D eigenvalue weighted by atomic mass is 79.9. The first-order valence-corrected chi connectivity index (χ1v) is 7.63. The molecule has 8 heteroatoms. The zero-order chi connectivity index (χ0) is 14.0. The minimum atomic E-state index is -3.85. The summed E-state index contributed by atoms with van der Waals surface area (Å²) in [4.78, 5) is 3.64. The lowest BCUT2D eigenvalue weighted by Crippen LogP contribution is -2.13. The summed E-state index contributed by atoms with van der Waals surface area (Å²) in [7, 11) is -3.85. The number of halogens is 3. The van der Waals surface area contributed by atoms with Gasteiger partial charge in [0.15, 0.2) is 0 Å². The number of rotatable bonds is 3. The molecule has 0 unspecified atom stereocenters. The number of pyridine rings is 1. The van der Waals surface area contributed by atoms with E-state index in [1.807, 2.05) is 0 Å².